The summed E-state index contributed by atoms with van der Waals surface area (Å²) in [5, 5.41) is 3.75. The molecule has 0 aliphatic heterocycles. The van der Waals surface area contributed by atoms with E-state index in [-0.39, 0.29) is 24.3 Å². The Bertz CT molecular complexity index is 1060. The Morgan fingerprint density at radius 2 is 1.47 bits per heavy atom. The highest BCUT2D eigenvalue weighted by atomic mass is 35.5. The van der Waals surface area contributed by atoms with E-state index in [1.54, 1.807) is 4.90 Å². The molecule has 178 valence electrons. The number of rotatable bonds is 11. The number of hydrogen-bond donors (Lipinski definition) is 1. The molecule has 3 aromatic rings. The molecule has 3 aromatic carbocycles. The van der Waals surface area contributed by atoms with Crippen molar-refractivity contribution in [1.82, 2.24) is 10.2 Å². The van der Waals surface area contributed by atoms with Gasteiger partial charge in [0.25, 0.3) is 0 Å². The van der Waals surface area contributed by atoms with Crippen LogP contribution in [0.15, 0.2) is 84.9 Å². The number of hydrogen-bond acceptors (Lipinski definition) is 2. The minimum atomic E-state index is -0.615. The molecule has 0 saturated heterocycles. The van der Waals surface area contributed by atoms with Gasteiger partial charge in [-0.25, -0.2) is 0 Å². The number of amides is 2. The first-order valence-electron chi connectivity index (χ1n) is 11.9. The molecule has 34 heavy (non-hydrogen) atoms. The number of benzene rings is 3. The van der Waals surface area contributed by atoms with Crippen LogP contribution in [0, 0.1) is 0 Å². The smallest absolute Gasteiger partial charge is 0.243 e. The van der Waals surface area contributed by atoms with Crippen molar-refractivity contribution in [1.29, 1.82) is 0 Å². The summed E-state index contributed by atoms with van der Waals surface area (Å²) >= 11 is 6.32. The lowest BCUT2D eigenvalue weighted by Gasteiger charge is -2.32. The van der Waals surface area contributed by atoms with Gasteiger partial charge in [0.1, 0.15) is 6.04 Å². The van der Waals surface area contributed by atoms with Gasteiger partial charge < -0.3 is 10.2 Å². The monoisotopic (exact) mass is 476 g/mol. The Morgan fingerprint density at radius 3 is 2.09 bits per heavy atom. The van der Waals surface area contributed by atoms with E-state index < -0.39 is 6.04 Å². The zero-order valence-electron chi connectivity index (χ0n) is 19.9. The summed E-state index contributed by atoms with van der Waals surface area (Å²) in [7, 11) is 0. The zero-order valence-corrected chi connectivity index (χ0v) is 20.7. The molecule has 0 unspecified atom stereocenters. The highest BCUT2D eigenvalue weighted by molar-refractivity contribution is 6.31. The molecular formula is C29H33ClN2O2. The lowest BCUT2D eigenvalue weighted by molar-refractivity contribution is -0.141. The van der Waals surface area contributed by atoms with Crippen LogP contribution in [0.2, 0.25) is 5.02 Å². The first-order chi connectivity index (χ1) is 16.5. The van der Waals surface area contributed by atoms with Gasteiger partial charge in [-0.3, -0.25) is 9.59 Å². The van der Waals surface area contributed by atoms with E-state index in [1.165, 1.54) is 0 Å². The van der Waals surface area contributed by atoms with Crippen molar-refractivity contribution in [2.75, 3.05) is 0 Å². The van der Waals surface area contributed by atoms with Crippen LogP contribution in [0.5, 0.6) is 0 Å². The fourth-order valence-electron chi connectivity index (χ4n) is 3.86. The van der Waals surface area contributed by atoms with Crippen molar-refractivity contribution in [2.45, 2.75) is 58.2 Å². The molecule has 0 heterocycles. The molecule has 3 rings (SSSR count). The molecule has 2 amide bonds. The third kappa shape index (κ3) is 7.46. The maximum Gasteiger partial charge on any atom is 0.243 e. The van der Waals surface area contributed by atoms with E-state index in [0.29, 0.717) is 24.4 Å². The van der Waals surface area contributed by atoms with E-state index in [4.69, 9.17) is 11.6 Å². The molecule has 0 aliphatic carbocycles. The summed E-state index contributed by atoms with van der Waals surface area (Å²) in [5.74, 6) is -0.191. The van der Waals surface area contributed by atoms with E-state index in [0.717, 1.165) is 23.1 Å². The lowest BCUT2D eigenvalue weighted by atomic mass is 10.0. The van der Waals surface area contributed by atoms with Crippen LogP contribution in [0.25, 0.3) is 0 Å². The summed E-state index contributed by atoms with van der Waals surface area (Å²) in [4.78, 5) is 28.8. The molecule has 2 atom stereocenters. The summed E-state index contributed by atoms with van der Waals surface area (Å²) in [6.45, 7) is 4.39. The largest absolute Gasteiger partial charge is 0.352 e. The van der Waals surface area contributed by atoms with Crippen molar-refractivity contribution in [2.24, 2.45) is 0 Å². The van der Waals surface area contributed by atoms with Gasteiger partial charge in [-0.15, -0.1) is 0 Å². The Hall–Kier alpha value is -3.11. The van der Waals surface area contributed by atoms with Gasteiger partial charge in [0, 0.05) is 30.5 Å². The third-order valence-corrected chi connectivity index (χ3v) is 6.40. The van der Waals surface area contributed by atoms with Crippen molar-refractivity contribution in [3.8, 4) is 0 Å². The second-order valence-electron chi connectivity index (χ2n) is 8.62. The maximum atomic E-state index is 13.6. The third-order valence-electron chi connectivity index (χ3n) is 6.03. The van der Waals surface area contributed by atoms with Crippen LogP contribution in [-0.2, 0) is 29.0 Å². The lowest BCUT2D eigenvalue weighted by Crippen LogP contribution is -2.52. The molecule has 1 N–H and O–H groups in total. The molecule has 0 spiro atoms. The first kappa shape index (κ1) is 25.5. The second-order valence-corrected chi connectivity index (χ2v) is 9.03. The zero-order chi connectivity index (χ0) is 24.3. The van der Waals surface area contributed by atoms with Crippen molar-refractivity contribution in [3.63, 3.8) is 0 Å². The minimum absolute atomic E-state index is 0.0302. The minimum Gasteiger partial charge on any atom is -0.352 e. The molecule has 4 nitrogen and oxygen atoms in total. The molecule has 0 bridgehead atoms. The predicted octanol–water partition coefficient (Wildman–Crippen LogP) is 5.83. The molecule has 0 aromatic heterocycles. The highest BCUT2D eigenvalue weighted by Crippen LogP contribution is 2.20. The van der Waals surface area contributed by atoms with Crippen molar-refractivity contribution < 1.29 is 9.59 Å². The van der Waals surface area contributed by atoms with Gasteiger partial charge in [0.15, 0.2) is 0 Å². The Morgan fingerprint density at radius 1 is 0.882 bits per heavy atom. The second kappa shape index (κ2) is 13.0. The normalized spacial score (nSPS) is 12.6. The van der Waals surface area contributed by atoms with Gasteiger partial charge in [-0.2, -0.15) is 0 Å². The summed E-state index contributed by atoms with van der Waals surface area (Å²) < 4.78 is 0. The number of carbonyl (C=O) groups is 2. The average molecular weight is 477 g/mol. The molecule has 0 aliphatic rings. The maximum absolute atomic E-state index is 13.6. The molecule has 0 fully saturated rings. The van der Waals surface area contributed by atoms with Crippen LogP contribution in [-0.4, -0.2) is 28.8 Å². The van der Waals surface area contributed by atoms with Gasteiger partial charge in [-0.05, 0) is 42.5 Å². The van der Waals surface area contributed by atoms with E-state index in [9.17, 15) is 9.59 Å². The number of carbonyl (C=O) groups excluding carboxylic acids is 2. The van der Waals surface area contributed by atoms with Crippen LogP contribution in [0.1, 0.15) is 43.4 Å². The van der Waals surface area contributed by atoms with Crippen LogP contribution < -0.4 is 5.32 Å². The average Bonchev–Trinajstić information content (AvgIpc) is 2.86. The van der Waals surface area contributed by atoms with Crippen molar-refractivity contribution >= 4 is 23.4 Å². The number of aryl methyl sites for hydroxylation is 1. The number of halogens is 1. The fraction of sp³-hybridized carbons (Fsp3) is 0.310. The van der Waals surface area contributed by atoms with E-state index in [2.05, 4.69) is 5.32 Å². The first-order valence-corrected chi connectivity index (χ1v) is 12.3. The Balaban J connectivity index is 1.90. The van der Waals surface area contributed by atoms with Gasteiger partial charge in [-0.1, -0.05) is 97.4 Å². The Labute approximate surface area is 207 Å². The summed E-state index contributed by atoms with van der Waals surface area (Å²) in [5.41, 5.74) is 2.94. The molecular weight excluding hydrogens is 444 g/mol. The Kier molecular flexibility index (Phi) is 9.72. The predicted molar refractivity (Wildman–Crippen MR) is 139 cm³/mol. The van der Waals surface area contributed by atoms with E-state index in [1.807, 2.05) is 98.8 Å². The van der Waals surface area contributed by atoms with Gasteiger partial charge in [0.2, 0.25) is 11.8 Å². The summed E-state index contributed by atoms with van der Waals surface area (Å²) in [6, 6.07) is 26.7. The molecule has 0 radical (unpaired) electrons. The fourth-order valence-corrected chi connectivity index (χ4v) is 4.09. The quantitative estimate of drug-likeness (QED) is 0.378. The molecule has 0 saturated carbocycles. The van der Waals surface area contributed by atoms with Crippen molar-refractivity contribution in [3.05, 3.63) is 107 Å². The van der Waals surface area contributed by atoms with Gasteiger partial charge >= 0.3 is 0 Å². The van der Waals surface area contributed by atoms with Gasteiger partial charge in [0.05, 0.1) is 0 Å². The van der Waals surface area contributed by atoms with Crippen LogP contribution >= 0.6 is 11.6 Å². The van der Waals surface area contributed by atoms with Crippen LogP contribution in [0.4, 0.5) is 0 Å². The number of nitrogens with one attached hydrogen (secondary N) is 1. The van der Waals surface area contributed by atoms with E-state index >= 15 is 0 Å². The SMILES string of the molecule is CC[C@@H](C)NC(=O)[C@@H](Cc1ccccc1)N(Cc1ccccc1)C(=O)CCc1ccccc1Cl. The standard InChI is InChI=1S/C29H33ClN2O2/c1-3-22(2)31-29(34)27(20-23-12-6-4-7-13-23)32(21-24-14-8-5-9-15-24)28(33)19-18-25-16-10-11-17-26(25)30/h4-17,22,27H,3,18-21H2,1-2H3,(H,31,34)/t22-,27-/m1/s1. The topological polar surface area (TPSA) is 49.4 Å². The summed E-state index contributed by atoms with van der Waals surface area (Å²) in [6.07, 6.45) is 2.07. The number of nitrogens with zero attached hydrogens (tertiary/aromatic N) is 1. The molecule has 5 heteroatoms. The highest BCUT2D eigenvalue weighted by Gasteiger charge is 2.30. The van der Waals surface area contributed by atoms with Crippen LogP contribution in [0.3, 0.4) is 0 Å².